The molecule has 0 radical (unpaired) electrons. The lowest BCUT2D eigenvalue weighted by molar-refractivity contribution is -0.149. The Labute approximate surface area is 190 Å². The van der Waals surface area contributed by atoms with Gasteiger partial charge in [-0.15, -0.1) is 0 Å². The van der Waals surface area contributed by atoms with Crippen LogP contribution in [0, 0.1) is 39.9 Å². The van der Waals surface area contributed by atoms with Crippen LogP contribution < -0.4 is 0 Å². The van der Waals surface area contributed by atoms with Crippen LogP contribution in [0.1, 0.15) is 79.1 Å². The van der Waals surface area contributed by atoms with Crippen molar-refractivity contribution in [2.45, 2.75) is 96.4 Å². The number of esters is 2. The van der Waals surface area contributed by atoms with Gasteiger partial charge in [0.05, 0.1) is 6.61 Å². The van der Waals surface area contributed by atoms with Crippen molar-refractivity contribution in [3.05, 3.63) is 11.6 Å². The highest BCUT2D eigenvalue weighted by atomic mass is 16.7. The number of hydrogen-bond acceptors (Lipinski definition) is 6. The summed E-state index contributed by atoms with van der Waals surface area (Å²) in [5.41, 5.74) is -0.703. The number of allylic oxidation sites excluding steroid dienone is 1. The third kappa shape index (κ3) is 2.61. The third-order valence-corrected chi connectivity index (χ3v) is 10.1. The van der Waals surface area contributed by atoms with E-state index in [1.165, 1.54) is 12.5 Å². The van der Waals surface area contributed by atoms with Gasteiger partial charge in [0.2, 0.25) is 0 Å². The Kier molecular flexibility index (Phi) is 4.84. The molecule has 5 rings (SSSR count). The molecular formula is C26H35NO5. The standard InChI is InChI=1S/C26H35NO5/c1-5-30-22(29)25(15-27)26(32-25)13-10-21-19-7-6-17-14-18(31-16(2)28)8-11-23(17,3)20(19)9-12-24(21,26)4/h6,18-21H,5,7-14H2,1-4H3/t18-,19-,20-,21-,23+,24+,25+,26-/m1/s1. The first kappa shape index (κ1) is 21.9. The largest absolute Gasteiger partial charge is 0.463 e. The van der Waals surface area contributed by atoms with Crippen LogP contribution in [-0.2, 0) is 23.8 Å². The molecule has 1 heterocycles. The number of nitrogens with zero attached hydrogens (tertiary/aromatic N) is 1. The topological polar surface area (TPSA) is 88.9 Å². The van der Waals surface area contributed by atoms with Gasteiger partial charge in [-0.2, -0.15) is 5.26 Å². The number of epoxide rings is 1. The summed E-state index contributed by atoms with van der Waals surface area (Å²) < 4.78 is 17.0. The molecule has 5 aliphatic rings. The second-order valence-electron chi connectivity index (χ2n) is 11.2. The number of fused-ring (bicyclic) bond motifs is 6. The Morgan fingerprint density at radius 1 is 1.19 bits per heavy atom. The van der Waals surface area contributed by atoms with Gasteiger partial charge in [0.1, 0.15) is 17.8 Å². The number of carbonyl (C=O) groups excluding carboxylic acids is 2. The number of ether oxygens (including phenoxy) is 3. The normalized spacial score (nSPS) is 48.5. The van der Waals surface area contributed by atoms with Crippen molar-refractivity contribution in [2.24, 2.45) is 28.6 Å². The van der Waals surface area contributed by atoms with E-state index in [2.05, 4.69) is 26.0 Å². The van der Waals surface area contributed by atoms with Crippen LogP contribution in [0.15, 0.2) is 11.6 Å². The van der Waals surface area contributed by atoms with Crippen LogP contribution in [0.3, 0.4) is 0 Å². The van der Waals surface area contributed by atoms with Gasteiger partial charge in [-0.05, 0) is 75.0 Å². The van der Waals surface area contributed by atoms with Crippen LogP contribution in [0.2, 0.25) is 0 Å². The van der Waals surface area contributed by atoms with E-state index in [9.17, 15) is 14.9 Å². The summed E-state index contributed by atoms with van der Waals surface area (Å²) >= 11 is 0. The summed E-state index contributed by atoms with van der Waals surface area (Å²) in [6.45, 7) is 8.20. The quantitative estimate of drug-likeness (QED) is 0.365. The van der Waals surface area contributed by atoms with E-state index in [4.69, 9.17) is 14.2 Å². The fourth-order valence-electron chi connectivity index (χ4n) is 8.54. The Morgan fingerprint density at radius 2 is 1.94 bits per heavy atom. The van der Waals surface area contributed by atoms with Gasteiger partial charge in [-0.1, -0.05) is 25.5 Å². The maximum absolute atomic E-state index is 12.7. The lowest BCUT2D eigenvalue weighted by atomic mass is 9.47. The zero-order valence-electron chi connectivity index (χ0n) is 19.7. The van der Waals surface area contributed by atoms with E-state index in [0.29, 0.717) is 17.8 Å². The molecule has 0 bridgehead atoms. The van der Waals surface area contributed by atoms with E-state index in [0.717, 1.165) is 51.4 Å². The molecule has 6 heteroatoms. The summed E-state index contributed by atoms with van der Waals surface area (Å²) in [4.78, 5) is 24.2. The predicted octanol–water partition coefficient (Wildman–Crippen LogP) is 4.48. The number of carbonyl (C=O) groups is 2. The zero-order valence-corrected chi connectivity index (χ0v) is 19.7. The molecule has 3 saturated carbocycles. The minimum atomic E-state index is -1.43. The highest BCUT2D eigenvalue weighted by molar-refractivity contribution is 5.89. The van der Waals surface area contributed by atoms with Crippen molar-refractivity contribution < 1.29 is 23.8 Å². The minimum Gasteiger partial charge on any atom is -0.463 e. The van der Waals surface area contributed by atoms with Crippen molar-refractivity contribution >= 4 is 11.9 Å². The smallest absolute Gasteiger partial charge is 0.356 e. The summed E-state index contributed by atoms with van der Waals surface area (Å²) in [5.74, 6) is 0.867. The molecule has 4 aliphatic carbocycles. The maximum atomic E-state index is 12.7. The molecule has 0 aromatic carbocycles. The molecule has 1 spiro atoms. The molecule has 0 N–H and O–H groups in total. The highest BCUT2D eigenvalue weighted by Gasteiger charge is 2.86. The summed E-state index contributed by atoms with van der Waals surface area (Å²) in [6, 6.07) is 2.22. The molecule has 32 heavy (non-hydrogen) atoms. The van der Waals surface area contributed by atoms with Gasteiger partial charge in [0.15, 0.2) is 0 Å². The third-order valence-electron chi connectivity index (χ3n) is 10.1. The predicted molar refractivity (Wildman–Crippen MR) is 116 cm³/mol. The summed E-state index contributed by atoms with van der Waals surface area (Å²) in [6.07, 6.45) is 10.1. The fourth-order valence-corrected chi connectivity index (χ4v) is 8.54. The van der Waals surface area contributed by atoms with E-state index >= 15 is 0 Å². The fraction of sp³-hybridized carbons (Fsp3) is 0.808. The molecule has 1 saturated heterocycles. The molecule has 4 fully saturated rings. The minimum absolute atomic E-state index is 0.00710. The average Bonchev–Trinajstić information content (AvgIpc) is 3.34. The molecule has 0 amide bonds. The van der Waals surface area contributed by atoms with Crippen LogP contribution in [-0.4, -0.2) is 35.9 Å². The van der Waals surface area contributed by atoms with Gasteiger partial charge in [-0.3, -0.25) is 4.79 Å². The Balaban J connectivity index is 1.41. The average molecular weight is 442 g/mol. The van der Waals surface area contributed by atoms with Crippen molar-refractivity contribution in [2.75, 3.05) is 6.61 Å². The molecule has 8 atom stereocenters. The van der Waals surface area contributed by atoms with Crippen LogP contribution >= 0.6 is 0 Å². The molecule has 6 nitrogen and oxygen atoms in total. The lowest BCUT2D eigenvalue weighted by Crippen LogP contribution is -2.53. The first-order valence-corrected chi connectivity index (χ1v) is 12.3. The number of hydrogen-bond donors (Lipinski definition) is 0. The van der Waals surface area contributed by atoms with Gasteiger partial charge in [-0.25, -0.2) is 4.79 Å². The van der Waals surface area contributed by atoms with Gasteiger partial charge in [0, 0.05) is 18.8 Å². The molecule has 1 aliphatic heterocycles. The number of rotatable bonds is 3. The Hall–Kier alpha value is -1.87. The van der Waals surface area contributed by atoms with Crippen molar-refractivity contribution in [3.8, 4) is 6.07 Å². The SMILES string of the molecule is CCOC(=O)[C@]1(C#N)O[C@@]12CC[C@@H]1[C@@H]3CC=C4C[C@H](OC(C)=O)CC[C@]4(C)[C@@H]3CC[C@@]12C. The van der Waals surface area contributed by atoms with Crippen LogP contribution in [0.5, 0.6) is 0 Å². The second-order valence-corrected chi connectivity index (χ2v) is 11.2. The van der Waals surface area contributed by atoms with E-state index in [-0.39, 0.29) is 29.5 Å². The first-order chi connectivity index (χ1) is 15.2. The van der Waals surface area contributed by atoms with Crippen LogP contribution in [0.25, 0.3) is 0 Å². The first-order valence-electron chi connectivity index (χ1n) is 12.3. The zero-order chi connectivity index (χ0) is 22.9. The number of nitriles is 1. The Morgan fingerprint density at radius 3 is 2.62 bits per heavy atom. The van der Waals surface area contributed by atoms with Crippen molar-refractivity contribution in [1.82, 2.24) is 0 Å². The summed E-state index contributed by atoms with van der Waals surface area (Å²) in [5, 5.41) is 9.98. The monoisotopic (exact) mass is 441 g/mol. The van der Waals surface area contributed by atoms with E-state index < -0.39 is 17.2 Å². The Bertz CT molecular complexity index is 922. The molecule has 174 valence electrons. The van der Waals surface area contributed by atoms with E-state index in [1.54, 1.807) is 6.92 Å². The molecule has 0 aromatic rings. The van der Waals surface area contributed by atoms with Crippen molar-refractivity contribution in [1.29, 1.82) is 5.26 Å². The maximum Gasteiger partial charge on any atom is 0.356 e. The van der Waals surface area contributed by atoms with Crippen LogP contribution in [0.4, 0.5) is 0 Å². The highest BCUT2D eigenvalue weighted by Crippen LogP contribution is 2.75. The molecule has 0 unspecified atom stereocenters. The molecular weight excluding hydrogens is 406 g/mol. The van der Waals surface area contributed by atoms with Crippen molar-refractivity contribution in [3.63, 3.8) is 0 Å². The summed E-state index contributed by atoms with van der Waals surface area (Å²) in [7, 11) is 0. The lowest BCUT2D eigenvalue weighted by Gasteiger charge is -2.57. The van der Waals surface area contributed by atoms with Gasteiger partial charge < -0.3 is 14.2 Å². The van der Waals surface area contributed by atoms with Gasteiger partial charge in [0.25, 0.3) is 5.60 Å². The van der Waals surface area contributed by atoms with E-state index in [1.807, 2.05) is 0 Å². The second kappa shape index (κ2) is 7.06. The molecule has 0 aromatic heterocycles. The van der Waals surface area contributed by atoms with Gasteiger partial charge >= 0.3 is 11.9 Å².